The second-order valence-electron chi connectivity index (χ2n) is 5.44. The lowest BCUT2D eigenvalue weighted by molar-refractivity contribution is 0.628. The summed E-state index contributed by atoms with van der Waals surface area (Å²) in [6, 6.07) is 14.5. The number of hydrogen-bond donors (Lipinski definition) is 2. The third-order valence-corrected chi connectivity index (χ3v) is 3.74. The number of hydrogen-bond acceptors (Lipinski definition) is 5. The number of nitrogen functional groups attached to an aromatic ring is 1. The SMILES string of the molecule is Nc1nc(-c2ccc(F)cc2)cc(-c2nc3ccccc3c(=O)[nH]2)n1. The maximum Gasteiger partial charge on any atom is 0.259 e. The van der Waals surface area contributed by atoms with E-state index in [1.165, 1.54) is 12.1 Å². The van der Waals surface area contributed by atoms with Gasteiger partial charge in [-0.05, 0) is 42.5 Å². The summed E-state index contributed by atoms with van der Waals surface area (Å²) in [5, 5.41) is 0.493. The minimum Gasteiger partial charge on any atom is -0.368 e. The quantitative estimate of drug-likeness (QED) is 0.588. The Balaban J connectivity index is 1.88. The maximum absolute atomic E-state index is 13.1. The summed E-state index contributed by atoms with van der Waals surface area (Å²) in [5.41, 5.74) is 7.67. The summed E-state index contributed by atoms with van der Waals surface area (Å²) in [4.78, 5) is 27.7. The van der Waals surface area contributed by atoms with E-state index in [-0.39, 0.29) is 17.3 Å². The molecule has 7 heteroatoms. The van der Waals surface area contributed by atoms with Crippen LogP contribution in [0.1, 0.15) is 0 Å². The highest BCUT2D eigenvalue weighted by molar-refractivity contribution is 5.79. The smallest absolute Gasteiger partial charge is 0.259 e. The van der Waals surface area contributed by atoms with Gasteiger partial charge in [0.1, 0.15) is 11.5 Å². The third-order valence-electron chi connectivity index (χ3n) is 3.74. The van der Waals surface area contributed by atoms with Crippen LogP contribution in [-0.4, -0.2) is 19.9 Å². The average Bonchev–Trinajstić information content (AvgIpc) is 2.62. The first-order valence-corrected chi connectivity index (χ1v) is 7.50. The average molecular weight is 333 g/mol. The van der Waals surface area contributed by atoms with Crippen molar-refractivity contribution in [2.24, 2.45) is 0 Å². The van der Waals surface area contributed by atoms with Gasteiger partial charge in [0.05, 0.1) is 16.6 Å². The summed E-state index contributed by atoms with van der Waals surface area (Å²) >= 11 is 0. The van der Waals surface area contributed by atoms with E-state index in [0.29, 0.717) is 33.7 Å². The number of benzene rings is 2. The van der Waals surface area contributed by atoms with Gasteiger partial charge < -0.3 is 10.7 Å². The molecule has 0 amide bonds. The molecular formula is C18H12FN5O. The molecule has 0 unspecified atom stereocenters. The van der Waals surface area contributed by atoms with Gasteiger partial charge in [0.2, 0.25) is 5.95 Å². The zero-order valence-electron chi connectivity index (χ0n) is 12.9. The number of nitrogens with two attached hydrogens (primary N) is 1. The van der Waals surface area contributed by atoms with Crippen molar-refractivity contribution in [1.82, 2.24) is 19.9 Å². The van der Waals surface area contributed by atoms with Crippen LogP contribution in [0.25, 0.3) is 33.7 Å². The Labute approximate surface area is 141 Å². The molecule has 0 spiro atoms. The van der Waals surface area contributed by atoms with E-state index >= 15 is 0 Å². The van der Waals surface area contributed by atoms with Crippen LogP contribution in [0.15, 0.2) is 59.4 Å². The van der Waals surface area contributed by atoms with E-state index in [1.807, 2.05) is 0 Å². The first-order valence-electron chi connectivity index (χ1n) is 7.50. The summed E-state index contributed by atoms with van der Waals surface area (Å²) in [6.07, 6.45) is 0. The van der Waals surface area contributed by atoms with Gasteiger partial charge in [-0.3, -0.25) is 4.79 Å². The van der Waals surface area contributed by atoms with Crippen molar-refractivity contribution in [2.75, 3.05) is 5.73 Å². The lowest BCUT2D eigenvalue weighted by atomic mass is 10.1. The standard InChI is InChI=1S/C18H12FN5O/c19-11-7-5-10(6-8-11)14-9-15(23-18(20)22-14)16-21-13-4-2-1-3-12(13)17(25)24-16/h1-9H,(H2,20,22,23)(H,21,24,25). The van der Waals surface area contributed by atoms with Crippen LogP contribution in [0.2, 0.25) is 0 Å². The summed E-state index contributed by atoms with van der Waals surface area (Å²) in [6.45, 7) is 0. The molecule has 122 valence electrons. The van der Waals surface area contributed by atoms with Crippen molar-refractivity contribution < 1.29 is 4.39 Å². The monoisotopic (exact) mass is 333 g/mol. The number of nitrogens with zero attached hydrogens (tertiary/aromatic N) is 3. The maximum atomic E-state index is 13.1. The molecule has 25 heavy (non-hydrogen) atoms. The highest BCUT2D eigenvalue weighted by Gasteiger charge is 2.11. The number of anilines is 1. The number of aromatic nitrogens is 4. The predicted molar refractivity (Wildman–Crippen MR) is 93.2 cm³/mol. The summed E-state index contributed by atoms with van der Waals surface area (Å²) in [7, 11) is 0. The fourth-order valence-electron chi connectivity index (χ4n) is 2.56. The van der Waals surface area contributed by atoms with Crippen molar-refractivity contribution in [3.63, 3.8) is 0 Å². The van der Waals surface area contributed by atoms with Crippen LogP contribution in [0.4, 0.5) is 10.3 Å². The van der Waals surface area contributed by atoms with Crippen molar-refractivity contribution in [3.8, 4) is 22.8 Å². The Morgan fingerprint density at radius 2 is 1.64 bits per heavy atom. The van der Waals surface area contributed by atoms with Crippen LogP contribution in [0, 0.1) is 5.82 Å². The molecule has 0 atom stereocenters. The Bertz CT molecular complexity index is 1140. The van der Waals surface area contributed by atoms with Crippen LogP contribution >= 0.6 is 0 Å². The first kappa shape index (κ1) is 14.9. The minimum absolute atomic E-state index is 0.0348. The molecule has 4 aromatic rings. The number of aromatic amines is 1. The Morgan fingerprint density at radius 3 is 2.44 bits per heavy atom. The molecule has 0 fully saturated rings. The number of halogens is 1. The minimum atomic E-state index is -0.341. The van der Waals surface area contributed by atoms with Gasteiger partial charge in [-0.15, -0.1) is 0 Å². The molecule has 6 nitrogen and oxygen atoms in total. The zero-order chi connectivity index (χ0) is 17.4. The highest BCUT2D eigenvalue weighted by Crippen LogP contribution is 2.23. The number of para-hydroxylation sites is 1. The van der Waals surface area contributed by atoms with Crippen LogP contribution < -0.4 is 11.3 Å². The largest absolute Gasteiger partial charge is 0.368 e. The van der Waals surface area contributed by atoms with Gasteiger partial charge in [0.15, 0.2) is 5.82 Å². The molecule has 4 rings (SSSR count). The van der Waals surface area contributed by atoms with Gasteiger partial charge in [-0.2, -0.15) is 0 Å². The normalized spacial score (nSPS) is 10.9. The van der Waals surface area contributed by atoms with Gasteiger partial charge in [0.25, 0.3) is 5.56 Å². The number of rotatable bonds is 2. The summed E-state index contributed by atoms with van der Waals surface area (Å²) in [5.74, 6) is -0.0136. The Hall–Kier alpha value is -3.61. The fraction of sp³-hybridized carbons (Fsp3) is 0. The fourth-order valence-corrected chi connectivity index (χ4v) is 2.56. The molecule has 2 aromatic heterocycles. The van der Waals surface area contributed by atoms with Gasteiger partial charge in [-0.25, -0.2) is 19.3 Å². The second-order valence-corrected chi connectivity index (χ2v) is 5.44. The van der Waals surface area contributed by atoms with Crippen molar-refractivity contribution in [2.45, 2.75) is 0 Å². The molecule has 0 saturated carbocycles. The molecule has 3 N–H and O–H groups in total. The number of fused-ring (bicyclic) bond motifs is 1. The van der Waals surface area contributed by atoms with Gasteiger partial charge in [0, 0.05) is 5.56 Å². The Kier molecular flexibility index (Phi) is 3.46. The van der Waals surface area contributed by atoms with Crippen molar-refractivity contribution in [3.05, 3.63) is 70.8 Å². The molecule has 0 radical (unpaired) electrons. The van der Waals surface area contributed by atoms with E-state index in [9.17, 15) is 9.18 Å². The molecule has 0 aliphatic rings. The summed E-state index contributed by atoms with van der Waals surface area (Å²) < 4.78 is 13.1. The van der Waals surface area contributed by atoms with Crippen LogP contribution in [-0.2, 0) is 0 Å². The van der Waals surface area contributed by atoms with Crippen LogP contribution in [0.3, 0.4) is 0 Å². The zero-order valence-corrected chi connectivity index (χ0v) is 12.9. The molecule has 0 saturated heterocycles. The van der Waals surface area contributed by atoms with Gasteiger partial charge >= 0.3 is 0 Å². The van der Waals surface area contributed by atoms with E-state index < -0.39 is 0 Å². The molecule has 2 heterocycles. The van der Waals surface area contributed by atoms with Crippen molar-refractivity contribution >= 4 is 16.9 Å². The Morgan fingerprint density at radius 1 is 0.920 bits per heavy atom. The van der Waals surface area contributed by atoms with E-state index in [4.69, 9.17) is 5.73 Å². The number of nitrogens with one attached hydrogen (secondary N) is 1. The highest BCUT2D eigenvalue weighted by atomic mass is 19.1. The first-order chi connectivity index (χ1) is 12.1. The van der Waals surface area contributed by atoms with Crippen molar-refractivity contribution in [1.29, 1.82) is 0 Å². The number of H-pyrrole nitrogens is 1. The third kappa shape index (κ3) is 2.83. The molecular weight excluding hydrogens is 321 g/mol. The topological polar surface area (TPSA) is 97.5 Å². The molecule has 0 aliphatic heterocycles. The van der Waals surface area contributed by atoms with E-state index in [2.05, 4.69) is 19.9 Å². The van der Waals surface area contributed by atoms with E-state index in [1.54, 1.807) is 42.5 Å². The van der Waals surface area contributed by atoms with Crippen LogP contribution in [0.5, 0.6) is 0 Å². The van der Waals surface area contributed by atoms with E-state index in [0.717, 1.165) is 0 Å². The molecule has 0 bridgehead atoms. The lowest BCUT2D eigenvalue weighted by Gasteiger charge is -2.07. The molecule has 0 aliphatic carbocycles. The van der Waals surface area contributed by atoms with Gasteiger partial charge in [-0.1, -0.05) is 12.1 Å². The second kappa shape index (κ2) is 5.79. The predicted octanol–water partition coefficient (Wildman–Crippen LogP) is 2.77. The molecule has 2 aromatic carbocycles. The lowest BCUT2D eigenvalue weighted by Crippen LogP contribution is -2.10.